The normalized spacial score (nSPS) is 23.1. The van der Waals surface area contributed by atoms with Crippen LogP contribution < -0.4 is 10.5 Å². The van der Waals surface area contributed by atoms with Gasteiger partial charge in [-0.1, -0.05) is 13.8 Å². The second-order valence-electron chi connectivity index (χ2n) is 6.30. The Kier molecular flexibility index (Phi) is 2.97. The van der Waals surface area contributed by atoms with Crippen molar-refractivity contribution in [3.63, 3.8) is 0 Å². The summed E-state index contributed by atoms with van der Waals surface area (Å²) in [6.45, 7) is 6.21. The molecule has 1 saturated carbocycles. The molecular weight excluding hydrogens is 269 g/mol. The first-order valence-electron chi connectivity index (χ1n) is 7.01. The van der Waals surface area contributed by atoms with E-state index in [4.69, 9.17) is 10.5 Å². The van der Waals surface area contributed by atoms with Crippen molar-refractivity contribution in [1.29, 1.82) is 0 Å². The van der Waals surface area contributed by atoms with Gasteiger partial charge in [0.15, 0.2) is 5.95 Å². The van der Waals surface area contributed by atoms with Crippen LogP contribution in [0.4, 0.5) is 10.3 Å². The molecule has 0 spiro atoms. The van der Waals surface area contributed by atoms with E-state index in [0.717, 1.165) is 11.4 Å². The summed E-state index contributed by atoms with van der Waals surface area (Å²) in [5, 5.41) is 0. The molecule has 0 bridgehead atoms. The van der Waals surface area contributed by atoms with Crippen molar-refractivity contribution in [2.45, 2.75) is 32.6 Å². The fraction of sp³-hybridized carbons (Fsp3) is 0.438. The molecular formula is C16H20FN3O. The number of anilines is 1. The van der Waals surface area contributed by atoms with Crippen molar-refractivity contribution in [1.82, 2.24) is 9.97 Å². The second kappa shape index (κ2) is 4.48. The van der Waals surface area contributed by atoms with Crippen LogP contribution >= 0.6 is 0 Å². The lowest BCUT2D eigenvalue weighted by Gasteiger charge is -2.07. The maximum absolute atomic E-state index is 14.2. The number of aromatic amines is 1. The minimum Gasteiger partial charge on any atom is -0.497 e. The predicted octanol–water partition coefficient (Wildman–Crippen LogP) is 3.36. The number of aryl methyl sites for hydroxylation is 1. The van der Waals surface area contributed by atoms with Crippen LogP contribution in [0.25, 0.3) is 0 Å². The van der Waals surface area contributed by atoms with Gasteiger partial charge in [0.05, 0.1) is 12.8 Å². The van der Waals surface area contributed by atoms with Gasteiger partial charge in [0.1, 0.15) is 11.6 Å². The van der Waals surface area contributed by atoms with Gasteiger partial charge in [-0.25, -0.2) is 9.37 Å². The maximum atomic E-state index is 14.2. The third kappa shape index (κ3) is 2.07. The lowest BCUT2D eigenvalue weighted by molar-refractivity contribution is 0.412. The summed E-state index contributed by atoms with van der Waals surface area (Å²) in [4.78, 5) is 7.41. The van der Waals surface area contributed by atoms with Crippen LogP contribution in [0.1, 0.15) is 42.6 Å². The molecule has 4 nitrogen and oxygen atoms in total. The lowest BCUT2D eigenvalue weighted by Crippen LogP contribution is -1.95. The van der Waals surface area contributed by atoms with E-state index in [1.165, 1.54) is 6.07 Å². The van der Waals surface area contributed by atoms with Crippen LogP contribution in [0, 0.1) is 18.2 Å². The maximum Gasteiger partial charge on any atom is 0.197 e. The average Bonchev–Trinajstić information content (AvgIpc) is 2.81. The zero-order valence-electron chi connectivity index (χ0n) is 12.7. The highest BCUT2D eigenvalue weighted by Gasteiger charge is 2.61. The third-order valence-corrected chi connectivity index (χ3v) is 4.60. The fourth-order valence-corrected chi connectivity index (χ4v) is 3.42. The van der Waals surface area contributed by atoms with Crippen LogP contribution in [-0.4, -0.2) is 17.1 Å². The van der Waals surface area contributed by atoms with Gasteiger partial charge in [-0.2, -0.15) is 0 Å². The number of ether oxygens (including phenoxy) is 1. The molecule has 0 radical (unpaired) electrons. The number of rotatable bonds is 3. The first-order valence-corrected chi connectivity index (χ1v) is 7.01. The molecule has 1 aromatic heterocycles. The first kappa shape index (κ1) is 13.9. The van der Waals surface area contributed by atoms with Crippen LogP contribution in [0.5, 0.6) is 5.75 Å². The molecule has 0 saturated heterocycles. The predicted molar refractivity (Wildman–Crippen MR) is 80.0 cm³/mol. The Morgan fingerprint density at radius 1 is 1.33 bits per heavy atom. The van der Waals surface area contributed by atoms with Crippen molar-refractivity contribution in [3.8, 4) is 5.75 Å². The molecule has 1 fully saturated rings. The summed E-state index contributed by atoms with van der Waals surface area (Å²) < 4.78 is 19.4. The van der Waals surface area contributed by atoms with Crippen molar-refractivity contribution >= 4 is 5.95 Å². The topological polar surface area (TPSA) is 63.9 Å². The Morgan fingerprint density at radius 2 is 2.05 bits per heavy atom. The fourth-order valence-electron chi connectivity index (χ4n) is 3.42. The number of aromatic nitrogens is 2. The zero-order chi connectivity index (χ0) is 15.4. The molecule has 2 aromatic rings. The summed E-state index contributed by atoms with van der Waals surface area (Å²) in [6.07, 6.45) is 0. The van der Waals surface area contributed by atoms with E-state index in [1.807, 2.05) is 6.92 Å². The molecule has 0 aliphatic heterocycles. The molecule has 0 amide bonds. The molecule has 112 valence electrons. The number of benzene rings is 1. The summed E-state index contributed by atoms with van der Waals surface area (Å²) >= 11 is 0. The van der Waals surface area contributed by atoms with E-state index < -0.39 is 0 Å². The number of nitrogens with zero attached hydrogens (tertiary/aromatic N) is 1. The molecule has 5 heteroatoms. The quantitative estimate of drug-likeness (QED) is 0.910. The smallest absolute Gasteiger partial charge is 0.197 e. The summed E-state index contributed by atoms with van der Waals surface area (Å²) in [6, 6.07) is 4.89. The highest BCUT2D eigenvalue weighted by atomic mass is 19.1. The Bertz CT molecular complexity index is 693. The van der Waals surface area contributed by atoms with Crippen LogP contribution in [0.2, 0.25) is 0 Å². The van der Waals surface area contributed by atoms with Gasteiger partial charge in [-0.3, -0.25) is 0 Å². The number of hydrogen-bond acceptors (Lipinski definition) is 3. The van der Waals surface area contributed by atoms with Gasteiger partial charge >= 0.3 is 0 Å². The minimum atomic E-state index is -0.197. The largest absolute Gasteiger partial charge is 0.497 e. The van der Waals surface area contributed by atoms with E-state index in [1.54, 1.807) is 19.2 Å². The lowest BCUT2D eigenvalue weighted by atomic mass is 10.0. The molecule has 1 aliphatic rings. The Morgan fingerprint density at radius 3 is 2.62 bits per heavy atom. The van der Waals surface area contributed by atoms with E-state index in [9.17, 15) is 4.39 Å². The molecule has 2 unspecified atom stereocenters. The highest BCUT2D eigenvalue weighted by Crippen LogP contribution is 2.70. The first-order chi connectivity index (χ1) is 9.86. The number of halogens is 1. The monoisotopic (exact) mass is 289 g/mol. The molecule has 1 aliphatic carbocycles. The second-order valence-corrected chi connectivity index (χ2v) is 6.30. The third-order valence-electron chi connectivity index (χ3n) is 4.60. The number of H-pyrrole nitrogens is 1. The number of nitrogens with two attached hydrogens (primary N) is 1. The van der Waals surface area contributed by atoms with Crippen molar-refractivity contribution in [3.05, 3.63) is 41.0 Å². The van der Waals surface area contributed by atoms with E-state index >= 15 is 0 Å². The standard InChI is InChI=1S/C16H20FN3O/c1-8-14(20-15(18)19-8)13-12(16(13,2)3)10-7-9(21-4)5-6-11(10)17/h5-7,12-13H,1-4H3,(H3,18,19,20). The summed E-state index contributed by atoms with van der Waals surface area (Å²) in [5.74, 6) is 1.13. The van der Waals surface area contributed by atoms with Gasteiger partial charge in [0.2, 0.25) is 0 Å². The molecule has 3 N–H and O–H groups in total. The van der Waals surface area contributed by atoms with Crippen molar-refractivity contribution in [2.75, 3.05) is 12.8 Å². The van der Waals surface area contributed by atoms with Crippen LogP contribution in [-0.2, 0) is 0 Å². The van der Waals surface area contributed by atoms with Crippen LogP contribution in [0.3, 0.4) is 0 Å². The van der Waals surface area contributed by atoms with Crippen LogP contribution in [0.15, 0.2) is 18.2 Å². The average molecular weight is 289 g/mol. The molecule has 21 heavy (non-hydrogen) atoms. The Hall–Kier alpha value is -2.04. The molecule has 1 heterocycles. The Balaban J connectivity index is 2.02. The van der Waals surface area contributed by atoms with Gasteiger partial charge in [-0.15, -0.1) is 0 Å². The SMILES string of the molecule is COc1ccc(F)c(C2C(c3nc(N)[nH]c3C)C2(C)C)c1. The molecule has 1 aromatic carbocycles. The van der Waals surface area contributed by atoms with E-state index in [2.05, 4.69) is 23.8 Å². The van der Waals surface area contributed by atoms with Crippen molar-refractivity contribution < 1.29 is 9.13 Å². The summed E-state index contributed by atoms with van der Waals surface area (Å²) in [5.41, 5.74) is 8.25. The minimum absolute atomic E-state index is 0.0560. The Labute approximate surface area is 123 Å². The molecule has 3 rings (SSSR count). The van der Waals surface area contributed by atoms with E-state index in [-0.39, 0.29) is 23.1 Å². The van der Waals surface area contributed by atoms with Gasteiger partial charge in [-0.05, 0) is 36.1 Å². The number of imidazole rings is 1. The summed E-state index contributed by atoms with van der Waals surface area (Å²) in [7, 11) is 1.59. The van der Waals surface area contributed by atoms with Gasteiger partial charge in [0.25, 0.3) is 0 Å². The number of hydrogen-bond donors (Lipinski definition) is 2. The highest BCUT2D eigenvalue weighted by molar-refractivity contribution is 5.46. The van der Waals surface area contributed by atoms with Crippen molar-refractivity contribution in [2.24, 2.45) is 5.41 Å². The molecule has 2 atom stereocenters. The van der Waals surface area contributed by atoms with Gasteiger partial charge in [0, 0.05) is 17.5 Å². The number of nitrogens with one attached hydrogen (secondary N) is 1. The number of methoxy groups -OCH3 is 1. The van der Waals surface area contributed by atoms with E-state index in [0.29, 0.717) is 17.3 Å². The van der Waals surface area contributed by atoms with Gasteiger partial charge < -0.3 is 15.5 Å². The number of nitrogen functional groups attached to an aromatic ring is 1. The zero-order valence-corrected chi connectivity index (χ0v) is 12.7.